The average molecular weight is 595 g/mol. The smallest absolute Gasteiger partial charge is 0.419 e. The molecule has 12 heteroatoms. The van der Waals surface area contributed by atoms with Crippen LogP contribution in [0.25, 0.3) is 22.3 Å². The predicted octanol–water partition coefficient (Wildman–Crippen LogP) is 6.83. The number of alkyl halides is 3. The van der Waals surface area contributed by atoms with Crippen LogP contribution in [0.1, 0.15) is 45.6 Å². The van der Waals surface area contributed by atoms with Gasteiger partial charge in [-0.3, -0.25) is 0 Å². The maximum atomic E-state index is 14.2. The first-order chi connectivity index (χ1) is 19.4. The van der Waals surface area contributed by atoms with Gasteiger partial charge in [-0.25, -0.2) is 9.78 Å². The number of hydrogen-bond acceptors (Lipinski definition) is 6. The zero-order valence-corrected chi connectivity index (χ0v) is 24.1. The molecule has 2 fully saturated rings. The van der Waals surface area contributed by atoms with Crippen molar-refractivity contribution in [1.82, 2.24) is 19.4 Å². The molecule has 0 N–H and O–H groups in total. The minimum atomic E-state index is -4.64. The largest absolute Gasteiger partial charge is 0.493 e. The maximum Gasteiger partial charge on any atom is 0.419 e. The van der Waals surface area contributed by atoms with Gasteiger partial charge < -0.3 is 23.7 Å². The lowest BCUT2D eigenvalue weighted by Gasteiger charge is -2.33. The topological polar surface area (TPSA) is 78.7 Å². The first kappa shape index (κ1) is 29.4. The fourth-order valence-corrected chi connectivity index (χ4v) is 5.42. The Morgan fingerprint density at radius 1 is 1.10 bits per heavy atom. The maximum absolute atomic E-state index is 14.2. The van der Waals surface area contributed by atoms with Crippen LogP contribution in [0.15, 0.2) is 30.5 Å². The summed E-state index contributed by atoms with van der Waals surface area (Å²) >= 11 is 6.24. The van der Waals surface area contributed by atoms with Crippen molar-refractivity contribution < 1.29 is 32.2 Å². The summed E-state index contributed by atoms with van der Waals surface area (Å²) in [6.07, 6.45) is -1.01. The molecule has 1 amide bonds. The van der Waals surface area contributed by atoms with E-state index in [1.165, 1.54) is 6.07 Å². The number of carbonyl (C=O) groups is 1. The first-order valence-electron chi connectivity index (χ1n) is 13.8. The number of carbonyl (C=O) groups excluding carboxylic acids is 1. The zero-order valence-electron chi connectivity index (χ0n) is 23.3. The highest BCUT2D eigenvalue weighted by molar-refractivity contribution is 6.28. The van der Waals surface area contributed by atoms with E-state index < -0.39 is 17.3 Å². The summed E-state index contributed by atoms with van der Waals surface area (Å²) < 4.78 is 61.2. The summed E-state index contributed by atoms with van der Waals surface area (Å²) in [5, 5.41) is 0.577. The molecule has 1 unspecified atom stereocenters. The summed E-state index contributed by atoms with van der Waals surface area (Å²) in [6, 6.07) is 5.76. The minimum absolute atomic E-state index is 0.0137. The molecule has 2 aliphatic heterocycles. The lowest BCUT2D eigenvalue weighted by Crippen LogP contribution is -2.42. The average Bonchev–Trinajstić information content (AvgIpc) is 3.56. The highest BCUT2D eigenvalue weighted by atomic mass is 35.5. The third kappa shape index (κ3) is 7.06. The van der Waals surface area contributed by atoms with Gasteiger partial charge in [-0.05, 0) is 81.8 Å². The highest BCUT2D eigenvalue weighted by Gasteiger charge is 2.36. The van der Waals surface area contributed by atoms with Crippen molar-refractivity contribution in [2.75, 3.05) is 32.9 Å². The highest BCUT2D eigenvalue weighted by Crippen LogP contribution is 2.40. The Morgan fingerprint density at radius 2 is 1.85 bits per heavy atom. The number of amides is 1. The standard InChI is InChI=1S/C29H34ClF3N4O4/c1-28(2,3)41-27(38)36-10-6-18(7-11-36)17-40-23-5-4-20(14-22(23)29(31,32)33)24-21-8-12-37(15-19-9-13-39-16-19)25(21)35-26(30)34-24/h4-5,8,12,14,18-19H,6-7,9-11,13,15-17H2,1-3H3. The Kier molecular flexibility index (Phi) is 8.39. The van der Waals surface area contributed by atoms with E-state index >= 15 is 0 Å². The van der Waals surface area contributed by atoms with Gasteiger partial charge in [0.2, 0.25) is 5.28 Å². The summed E-state index contributed by atoms with van der Waals surface area (Å²) in [5.41, 5.74) is -0.306. The molecule has 2 saturated heterocycles. The number of halogens is 4. The zero-order chi connectivity index (χ0) is 29.4. The molecule has 41 heavy (non-hydrogen) atoms. The quantitative estimate of drug-likeness (QED) is 0.291. The summed E-state index contributed by atoms with van der Waals surface area (Å²) in [5.74, 6) is 0.103. The van der Waals surface area contributed by atoms with Gasteiger partial charge in [0.05, 0.1) is 24.5 Å². The number of benzene rings is 1. The fourth-order valence-electron chi connectivity index (χ4n) is 5.25. The molecule has 2 aromatic heterocycles. The number of ether oxygens (including phenoxy) is 3. The van der Waals surface area contributed by atoms with E-state index in [2.05, 4.69) is 9.97 Å². The second-order valence-corrected chi connectivity index (χ2v) is 12.0. The molecule has 1 atom stereocenters. The molecule has 8 nitrogen and oxygen atoms in total. The molecule has 5 rings (SSSR count). The van der Waals surface area contributed by atoms with Crippen LogP contribution in [0.5, 0.6) is 5.75 Å². The second kappa shape index (κ2) is 11.7. The van der Waals surface area contributed by atoms with E-state index in [0.717, 1.165) is 12.5 Å². The molecule has 0 bridgehead atoms. The van der Waals surface area contributed by atoms with Crippen LogP contribution in [0.2, 0.25) is 5.28 Å². The SMILES string of the molecule is CC(C)(C)OC(=O)N1CCC(COc2ccc(-c3nc(Cl)nc4c3ccn4CC3CCOC3)cc2C(F)(F)F)CC1. The lowest BCUT2D eigenvalue weighted by molar-refractivity contribution is -0.139. The summed E-state index contributed by atoms with van der Waals surface area (Å²) in [7, 11) is 0. The van der Waals surface area contributed by atoms with E-state index in [-0.39, 0.29) is 35.2 Å². The van der Waals surface area contributed by atoms with E-state index in [1.54, 1.807) is 37.8 Å². The number of hydrogen-bond donors (Lipinski definition) is 0. The summed E-state index contributed by atoms with van der Waals surface area (Å²) in [6.45, 7) is 8.50. The van der Waals surface area contributed by atoms with Crippen molar-refractivity contribution in [3.8, 4) is 17.0 Å². The van der Waals surface area contributed by atoms with Crippen molar-refractivity contribution in [2.24, 2.45) is 11.8 Å². The molecule has 0 radical (unpaired) electrons. The Morgan fingerprint density at radius 3 is 2.51 bits per heavy atom. The van der Waals surface area contributed by atoms with Gasteiger partial charge in [-0.1, -0.05) is 0 Å². The molecular weight excluding hydrogens is 561 g/mol. The van der Waals surface area contributed by atoms with E-state index in [4.69, 9.17) is 25.8 Å². The van der Waals surface area contributed by atoms with Gasteiger partial charge in [-0.2, -0.15) is 18.2 Å². The third-order valence-electron chi connectivity index (χ3n) is 7.37. The van der Waals surface area contributed by atoms with Gasteiger partial charge in [0, 0.05) is 49.3 Å². The number of nitrogens with zero attached hydrogens (tertiary/aromatic N) is 4. The normalized spacial score (nSPS) is 18.7. The van der Waals surface area contributed by atoms with Crippen LogP contribution in [-0.4, -0.2) is 64.0 Å². The van der Waals surface area contributed by atoms with Crippen molar-refractivity contribution in [3.63, 3.8) is 0 Å². The van der Waals surface area contributed by atoms with E-state index in [0.29, 0.717) is 68.3 Å². The van der Waals surface area contributed by atoms with Crippen molar-refractivity contribution in [1.29, 1.82) is 0 Å². The second-order valence-electron chi connectivity index (χ2n) is 11.7. The van der Waals surface area contributed by atoms with Crippen molar-refractivity contribution in [2.45, 2.75) is 58.4 Å². The van der Waals surface area contributed by atoms with Gasteiger partial charge in [-0.15, -0.1) is 0 Å². The number of aromatic nitrogens is 3. The van der Waals surface area contributed by atoms with Crippen LogP contribution in [0, 0.1) is 11.8 Å². The molecule has 1 aromatic carbocycles. The Labute approximate surface area is 241 Å². The van der Waals surface area contributed by atoms with Gasteiger partial charge in [0.25, 0.3) is 0 Å². The first-order valence-corrected chi connectivity index (χ1v) is 14.2. The lowest BCUT2D eigenvalue weighted by atomic mass is 9.98. The summed E-state index contributed by atoms with van der Waals surface area (Å²) in [4.78, 5) is 22.6. The Bertz CT molecular complexity index is 1390. The fraction of sp³-hybridized carbons (Fsp3) is 0.552. The Hall–Kier alpha value is -3.05. The van der Waals surface area contributed by atoms with Crippen LogP contribution in [0.4, 0.5) is 18.0 Å². The third-order valence-corrected chi connectivity index (χ3v) is 7.54. The molecule has 0 aliphatic carbocycles. The number of piperidine rings is 1. The monoisotopic (exact) mass is 594 g/mol. The van der Waals surface area contributed by atoms with E-state index in [1.807, 2.05) is 10.8 Å². The van der Waals surface area contributed by atoms with Crippen LogP contribution >= 0.6 is 11.6 Å². The molecule has 0 spiro atoms. The number of fused-ring (bicyclic) bond motifs is 1. The van der Waals surface area contributed by atoms with E-state index in [9.17, 15) is 18.0 Å². The van der Waals surface area contributed by atoms with Crippen LogP contribution in [0.3, 0.4) is 0 Å². The van der Waals surface area contributed by atoms with Gasteiger partial charge in [0.15, 0.2) is 0 Å². The minimum Gasteiger partial charge on any atom is -0.493 e. The molecule has 0 saturated carbocycles. The van der Waals surface area contributed by atoms with Crippen molar-refractivity contribution >= 4 is 28.7 Å². The van der Waals surface area contributed by atoms with Crippen LogP contribution in [-0.2, 0) is 22.2 Å². The molecule has 3 aromatic rings. The molecule has 222 valence electrons. The number of likely N-dealkylation sites (tertiary alicyclic amines) is 1. The van der Waals surface area contributed by atoms with Gasteiger partial charge >= 0.3 is 12.3 Å². The number of rotatable bonds is 6. The predicted molar refractivity (Wildman–Crippen MR) is 148 cm³/mol. The molecule has 4 heterocycles. The Balaban J connectivity index is 1.32. The van der Waals surface area contributed by atoms with Crippen molar-refractivity contribution in [3.05, 3.63) is 41.3 Å². The van der Waals surface area contributed by atoms with Gasteiger partial charge in [0.1, 0.15) is 17.0 Å². The van der Waals surface area contributed by atoms with Crippen LogP contribution < -0.4 is 4.74 Å². The molecule has 2 aliphatic rings. The molecular formula is C29H34ClF3N4O4.